The fourth-order valence-corrected chi connectivity index (χ4v) is 6.42. The number of carbonyl (C=O) groups is 4. The highest BCUT2D eigenvalue weighted by molar-refractivity contribution is 6.00. The SMILES string of the molecule is CC[C@H]1OC(=O)[C@H](C)C(=O)[C@@H](C)[C@@H](O[C@@H]2O[C@H](C)C[C@H](N(C)C)[C@H]2OC(C)=O)[C@](C)(OC)C[C@@H](C)C(=O)C(C)=C[C@]1(C)O. The molecule has 1 saturated heterocycles. The number of esters is 2. The smallest absolute Gasteiger partial charge is 0.316 e. The molecule has 43 heavy (non-hydrogen) atoms. The third kappa shape index (κ3) is 8.72. The van der Waals surface area contributed by atoms with E-state index >= 15 is 0 Å². The summed E-state index contributed by atoms with van der Waals surface area (Å²) in [5, 5.41) is 11.2. The van der Waals surface area contributed by atoms with Gasteiger partial charge in [0.15, 0.2) is 24.0 Å². The van der Waals surface area contributed by atoms with Crippen LogP contribution in [0.5, 0.6) is 0 Å². The highest BCUT2D eigenvalue weighted by Crippen LogP contribution is 2.38. The first-order valence-electron chi connectivity index (χ1n) is 15.2. The fourth-order valence-electron chi connectivity index (χ4n) is 6.42. The van der Waals surface area contributed by atoms with Gasteiger partial charge in [-0.25, -0.2) is 0 Å². The number of rotatable bonds is 6. The Hall–Kier alpha value is -2.18. The zero-order valence-corrected chi connectivity index (χ0v) is 28.0. The second kappa shape index (κ2) is 14.7. The molecule has 0 radical (unpaired) electrons. The van der Waals surface area contributed by atoms with Crippen LogP contribution in [0.25, 0.3) is 0 Å². The highest BCUT2D eigenvalue weighted by atomic mass is 16.7. The summed E-state index contributed by atoms with van der Waals surface area (Å²) in [6.07, 6.45) is -1.76. The molecule has 246 valence electrons. The molecule has 0 aromatic rings. The number of cyclic esters (lactones) is 1. The second-order valence-electron chi connectivity index (χ2n) is 13.0. The van der Waals surface area contributed by atoms with E-state index in [0.717, 1.165) is 0 Å². The summed E-state index contributed by atoms with van der Waals surface area (Å²) in [4.78, 5) is 54.8. The van der Waals surface area contributed by atoms with Crippen LogP contribution in [-0.2, 0) is 42.9 Å². The first-order chi connectivity index (χ1) is 19.8. The summed E-state index contributed by atoms with van der Waals surface area (Å²) < 4.78 is 30.2. The molecule has 0 spiro atoms. The van der Waals surface area contributed by atoms with Gasteiger partial charge in [-0.1, -0.05) is 20.8 Å². The predicted octanol–water partition coefficient (Wildman–Crippen LogP) is 3.24. The van der Waals surface area contributed by atoms with Gasteiger partial charge in [0.25, 0.3) is 0 Å². The Morgan fingerprint density at radius 2 is 1.74 bits per heavy atom. The number of methoxy groups -OCH3 is 1. The van der Waals surface area contributed by atoms with Gasteiger partial charge in [0.2, 0.25) is 0 Å². The van der Waals surface area contributed by atoms with Crippen molar-refractivity contribution in [3.05, 3.63) is 11.6 Å². The Bertz CT molecular complexity index is 1050. The number of ketones is 2. The molecule has 0 bridgehead atoms. The Morgan fingerprint density at radius 3 is 2.26 bits per heavy atom. The van der Waals surface area contributed by atoms with Crippen LogP contribution in [0, 0.1) is 17.8 Å². The maximum Gasteiger partial charge on any atom is 0.316 e. The van der Waals surface area contributed by atoms with Gasteiger partial charge < -0.3 is 33.7 Å². The van der Waals surface area contributed by atoms with E-state index < -0.39 is 71.3 Å². The topological polar surface area (TPSA) is 138 Å². The van der Waals surface area contributed by atoms with Gasteiger partial charge in [0.1, 0.15) is 17.6 Å². The summed E-state index contributed by atoms with van der Waals surface area (Å²) in [6.45, 7) is 14.6. The third-order valence-electron chi connectivity index (χ3n) is 8.92. The summed E-state index contributed by atoms with van der Waals surface area (Å²) in [6, 6.07) is -0.239. The number of allylic oxidation sites excluding steroid dienone is 1. The van der Waals surface area contributed by atoms with E-state index in [1.54, 1.807) is 34.6 Å². The van der Waals surface area contributed by atoms with Gasteiger partial charge >= 0.3 is 11.9 Å². The summed E-state index contributed by atoms with van der Waals surface area (Å²) in [7, 11) is 5.22. The average molecular weight is 612 g/mol. The van der Waals surface area contributed by atoms with E-state index in [4.69, 9.17) is 23.7 Å². The van der Waals surface area contributed by atoms with Crippen molar-refractivity contribution in [3.63, 3.8) is 0 Å². The summed E-state index contributed by atoms with van der Waals surface area (Å²) in [5.74, 6) is -4.73. The second-order valence-corrected chi connectivity index (χ2v) is 13.0. The molecule has 0 aromatic heterocycles. The molecule has 2 rings (SSSR count). The summed E-state index contributed by atoms with van der Waals surface area (Å²) in [5.41, 5.74) is -2.56. The van der Waals surface area contributed by atoms with Crippen molar-refractivity contribution < 1.29 is 48.0 Å². The molecule has 11 nitrogen and oxygen atoms in total. The van der Waals surface area contributed by atoms with E-state index in [9.17, 15) is 24.3 Å². The fraction of sp³-hybridized carbons (Fsp3) is 0.812. The molecule has 0 aliphatic carbocycles. The molecular weight excluding hydrogens is 558 g/mol. The number of likely N-dealkylation sites (N-methyl/N-ethyl adjacent to an activating group) is 1. The van der Waals surface area contributed by atoms with Crippen molar-refractivity contribution in [2.75, 3.05) is 21.2 Å². The number of ether oxygens (including phenoxy) is 5. The highest BCUT2D eigenvalue weighted by Gasteiger charge is 2.50. The molecule has 0 amide bonds. The number of hydrogen-bond acceptors (Lipinski definition) is 11. The van der Waals surface area contributed by atoms with Crippen LogP contribution in [0.15, 0.2) is 11.6 Å². The molecule has 0 aromatic carbocycles. The van der Waals surface area contributed by atoms with Crippen molar-refractivity contribution in [3.8, 4) is 0 Å². The standard InChI is InChI=1S/C32H53NO10/c1-13-24-31(8,38)15-17(2)25(35)18(3)16-32(9,39-12)28(20(5)26(36)21(6)29(37)42-24)43-30-27(41-22(7)34)23(33(10)11)14-19(4)40-30/h15,18-21,23-24,27-28,30,38H,13-14,16H2,1-12H3/t18-,19-,20-,21-,23+,24-,27-,28-,30+,31+,32-/m1/s1. The largest absolute Gasteiger partial charge is 0.458 e. The summed E-state index contributed by atoms with van der Waals surface area (Å²) >= 11 is 0. The minimum absolute atomic E-state index is 0.144. The van der Waals surface area contributed by atoms with Crippen molar-refractivity contribution in [1.29, 1.82) is 0 Å². The first-order valence-corrected chi connectivity index (χ1v) is 15.2. The van der Waals surface area contributed by atoms with Crippen LogP contribution >= 0.6 is 0 Å². The van der Waals surface area contributed by atoms with Crippen LogP contribution in [-0.4, -0.2) is 103 Å². The van der Waals surface area contributed by atoms with Gasteiger partial charge in [-0.2, -0.15) is 0 Å². The van der Waals surface area contributed by atoms with Crippen molar-refractivity contribution in [2.24, 2.45) is 17.8 Å². The molecular formula is C32H53NO10. The number of nitrogens with zero attached hydrogens (tertiary/aromatic N) is 1. The van der Waals surface area contributed by atoms with Crippen molar-refractivity contribution >= 4 is 23.5 Å². The lowest BCUT2D eigenvalue weighted by atomic mass is 9.77. The molecule has 1 fully saturated rings. The van der Waals surface area contributed by atoms with Crippen LogP contribution < -0.4 is 0 Å². The van der Waals surface area contributed by atoms with Gasteiger partial charge in [-0.05, 0) is 79.6 Å². The number of Topliss-reactive ketones (excluding diaryl/α,β-unsaturated/α-hetero) is 2. The van der Waals surface area contributed by atoms with Gasteiger partial charge in [0, 0.05) is 25.9 Å². The molecule has 0 unspecified atom stereocenters. The zero-order valence-electron chi connectivity index (χ0n) is 28.0. The van der Waals surface area contributed by atoms with Crippen molar-refractivity contribution in [2.45, 2.75) is 130 Å². The molecule has 1 N–H and O–H groups in total. The predicted molar refractivity (Wildman–Crippen MR) is 159 cm³/mol. The first kappa shape index (κ1) is 37.0. The van der Waals surface area contributed by atoms with E-state index in [0.29, 0.717) is 12.0 Å². The van der Waals surface area contributed by atoms with Crippen LogP contribution in [0.4, 0.5) is 0 Å². The van der Waals surface area contributed by atoms with Gasteiger partial charge in [-0.3, -0.25) is 19.2 Å². The number of hydrogen-bond donors (Lipinski definition) is 1. The minimum Gasteiger partial charge on any atom is -0.458 e. The Kier molecular flexibility index (Phi) is 12.7. The minimum atomic E-state index is -1.64. The zero-order chi connectivity index (χ0) is 33.0. The lowest BCUT2D eigenvalue weighted by Crippen LogP contribution is -2.60. The maximum absolute atomic E-state index is 13.9. The molecule has 0 saturated carbocycles. The average Bonchev–Trinajstić information content (AvgIpc) is 2.92. The third-order valence-corrected chi connectivity index (χ3v) is 8.92. The number of aliphatic hydroxyl groups is 1. The van der Waals surface area contributed by atoms with Gasteiger partial charge in [-0.15, -0.1) is 0 Å². The quantitative estimate of drug-likeness (QED) is 0.350. The normalized spacial score (nSPS) is 40.5. The van der Waals surface area contributed by atoms with E-state index in [2.05, 4.69) is 0 Å². The van der Waals surface area contributed by atoms with Crippen LogP contribution in [0.2, 0.25) is 0 Å². The maximum atomic E-state index is 13.9. The Balaban J connectivity index is 2.68. The Labute approximate surface area is 256 Å². The van der Waals surface area contributed by atoms with Gasteiger partial charge in [0.05, 0.1) is 23.9 Å². The lowest BCUT2D eigenvalue weighted by Gasteiger charge is -2.47. The molecule has 11 heteroatoms. The van der Waals surface area contributed by atoms with E-state index in [1.165, 1.54) is 34.0 Å². The Morgan fingerprint density at radius 1 is 1.14 bits per heavy atom. The van der Waals surface area contributed by atoms with Crippen molar-refractivity contribution in [1.82, 2.24) is 4.90 Å². The molecule has 2 aliphatic heterocycles. The van der Waals surface area contributed by atoms with Crippen LogP contribution in [0.3, 0.4) is 0 Å². The van der Waals surface area contributed by atoms with E-state index in [1.807, 2.05) is 25.9 Å². The lowest BCUT2D eigenvalue weighted by molar-refractivity contribution is -0.297. The number of carbonyl (C=O) groups excluding carboxylic acids is 4. The molecule has 2 aliphatic rings. The molecule has 2 heterocycles. The van der Waals surface area contributed by atoms with E-state index in [-0.39, 0.29) is 30.8 Å². The van der Waals surface area contributed by atoms with Crippen LogP contribution in [0.1, 0.15) is 81.6 Å². The molecule has 11 atom stereocenters. The monoisotopic (exact) mass is 611 g/mol.